The van der Waals surface area contributed by atoms with Gasteiger partial charge in [0, 0.05) is 77.2 Å². The van der Waals surface area contributed by atoms with Gasteiger partial charge in [0.05, 0.1) is 19.6 Å². The number of Topliss-reactive ketones (excluding diaryl/α,β-unsaturated/α-hetero) is 1. The molecule has 2 N–H and O–H groups in total. The molecular weight excluding hydrogens is 1160 g/mol. The van der Waals surface area contributed by atoms with E-state index in [1.807, 2.05) is 81.5 Å². The molecule has 7 amide bonds. The number of hydrogen-bond donors (Lipinski definition) is 2. The smallest absolute Gasteiger partial charge is 0.330 e. The molecule has 21 heteroatoms. The first kappa shape index (κ1) is 69.8. The maximum absolute atomic E-state index is 15.3. The third-order valence-electron chi connectivity index (χ3n) is 17.7. The van der Waals surface area contributed by atoms with Gasteiger partial charge in [0.2, 0.25) is 41.2 Å². The van der Waals surface area contributed by atoms with Crippen molar-refractivity contribution < 1.29 is 66.9 Å². The van der Waals surface area contributed by atoms with Crippen LogP contribution < -0.4 is 20.1 Å². The highest BCUT2D eigenvalue weighted by molar-refractivity contribution is 6.38. The summed E-state index contributed by atoms with van der Waals surface area (Å²) >= 11 is 0. The van der Waals surface area contributed by atoms with Crippen LogP contribution in [0.1, 0.15) is 128 Å². The molecule has 1 aliphatic carbocycles. The van der Waals surface area contributed by atoms with Crippen molar-refractivity contribution in [1.29, 1.82) is 0 Å². The number of carbonyl (C=O) groups excluding carboxylic acids is 10. The Kier molecular flexibility index (Phi) is 24.5. The highest BCUT2D eigenvalue weighted by Crippen LogP contribution is 2.36. The van der Waals surface area contributed by atoms with Gasteiger partial charge in [0.1, 0.15) is 42.9 Å². The monoisotopic (exact) mass is 1250 g/mol. The number of rotatable bonds is 10. The molecule has 2 saturated heterocycles. The zero-order valence-electron chi connectivity index (χ0n) is 54.4. The number of likely N-dealkylation sites (N-methyl/N-ethyl adjacent to an activating group) is 3. The van der Waals surface area contributed by atoms with E-state index in [0.29, 0.717) is 67.7 Å². The summed E-state index contributed by atoms with van der Waals surface area (Å²) in [4.78, 5) is 151. The van der Waals surface area contributed by atoms with E-state index in [4.69, 9.17) is 18.9 Å². The van der Waals surface area contributed by atoms with Crippen molar-refractivity contribution in [1.82, 2.24) is 29.8 Å². The van der Waals surface area contributed by atoms with Gasteiger partial charge in [-0.1, -0.05) is 99.7 Å². The van der Waals surface area contributed by atoms with Crippen molar-refractivity contribution >= 4 is 64.8 Å². The molecule has 2 fully saturated rings. The van der Waals surface area contributed by atoms with E-state index in [9.17, 15) is 38.4 Å². The highest BCUT2D eigenvalue weighted by atomic mass is 16.5. The lowest BCUT2D eigenvalue weighted by molar-refractivity contribution is -0.165. The zero-order chi connectivity index (χ0) is 66.2. The molecule has 3 heterocycles. The second kappa shape index (κ2) is 31.9. The fourth-order valence-corrected chi connectivity index (χ4v) is 12.2. The first-order chi connectivity index (χ1) is 43.4. The van der Waals surface area contributed by atoms with E-state index < -0.39 is 107 Å². The number of nitrogens with one attached hydrogen (secondary N) is 2. The average Bonchev–Trinajstić information content (AvgIpc) is 1.83. The lowest BCUT2D eigenvalue weighted by Gasteiger charge is -2.40. The van der Waals surface area contributed by atoms with Crippen molar-refractivity contribution in [2.24, 2.45) is 16.7 Å². The predicted octanol–water partition coefficient (Wildman–Crippen LogP) is 7.52. The van der Waals surface area contributed by atoms with E-state index in [1.54, 1.807) is 50.5 Å². The number of ketones is 1. The molecule has 2 bridgehead atoms. The van der Waals surface area contributed by atoms with E-state index in [2.05, 4.69) is 10.6 Å². The molecule has 91 heavy (non-hydrogen) atoms. The fraction of sp³-hybridized carbons (Fsp3) is 0.514. The van der Waals surface area contributed by atoms with Crippen LogP contribution in [0.4, 0.5) is 5.69 Å². The number of allylic oxidation sites excluding steroid dienone is 3. The number of hydrogen-bond acceptors (Lipinski definition) is 14. The van der Waals surface area contributed by atoms with Crippen molar-refractivity contribution in [3.8, 4) is 11.5 Å². The van der Waals surface area contributed by atoms with Crippen LogP contribution in [-0.4, -0.2) is 175 Å². The van der Waals surface area contributed by atoms with Gasteiger partial charge in [-0.15, -0.1) is 0 Å². The summed E-state index contributed by atoms with van der Waals surface area (Å²) in [6, 6.07) is 16.0. The molecule has 3 aliphatic heterocycles. The quantitative estimate of drug-likeness (QED) is 0.147. The van der Waals surface area contributed by atoms with E-state index >= 15 is 9.59 Å². The van der Waals surface area contributed by atoms with Gasteiger partial charge in [-0.3, -0.25) is 38.4 Å². The van der Waals surface area contributed by atoms with Gasteiger partial charge in [0.15, 0.2) is 11.5 Å². The molecular formula is C70H91N7O14. The predicted molar refractivity (Wildman–Crippen MR) is 342 cm³/mol. The number of cyclic esters (lactones) is 2. The Morgan fingerprint density at radius 2 is 1.37 bits per heavy atom. The average molecular weight is 1250 g/mol. The van der Waals surface area contributed by atoms with Gasteiger partial charge in [-0.2, -0.15) is 0 Å². The Balaban J connectivity index is 1.21. The van der Waals surface area contributed by atoms with Gasteiger partial charge >= 0.3 is 11.9 Å². The standard InChI is InChI=1S/C70H91N7O14/c1-46(2)41-53-63(82)73(6)38-19-16-29-60(80)90-45-69(3,4)62(81)67(86)77-39-20-15-27-52(77)68(87)91-55(32-30-48-31-33-56(88-9)57(43-48)89-10)49-25-21-26-50(44-49)71-58(78)34-35-59(79)72-61(70(5)36-17-12-18-37-70)66(85)75(8)54(42-47-23-13-11-14-24-47)65(84)76-40-22-28-51(76)64(83)74(53)7/h11-14,16-18,21,23-26,29,31,33,36,43-44,46,51-55,61H,15,19-20,22,27-28,30,32,34-35,37-42,45H2,1-10H3,(H,71,78)(H,72,79)/t51-,52?,53+,54+,55-,61-,70?/m1/s1. The molecule has 7 atom stereocenters. The summed E-state index contributed by atoms with van der Waals surface area (Å²) in [7, 11) is 7.75. The maximum atomic E-state index is 15.3. The number of methoxy groups -OCH3 is 2. The van der Waals surface area contributed by atoms with E-state index in [0.717, 1.165) is 11.1 Å². The Morgan fingerprint density at radius 1 is 0.670 bits per heavy atom. The third kappa shape index (κ3) is 18.1. The summed E-state index contributed by atoms with van der Waals surface area (Å²) < 4.78 is 22.9. The topological polar surface area (TPSA) is 248 Å². The van der Waals surface area contributed by atoms with Gasteiger partial charge in [0.25, 0.3) is 5.91 Å². The molecule has 21 nitrogen and oxygen atoms in total. The summed E-state index contributed by atoms with van der Waals surface area (Å²) in [6.07, 6.45) is 12.2. The lowest BCUT2D eigenvalue weighted by Crippen LogP contribution is -2.61. The molecule has 0 saturated carbocycles. The lowest BCUT2D eigenvalue weighted by atomic mass is 9.76. The number of nitrogens with zero attached hydrogens (tertiary/aromatic N) is 5. The van der Waals surface area contributed by atoms with Crippen LogP contribution in [0, 0.1) is 16.7 Å². The number of benzene rings is 3. The summed E-state index contributed by atoms with van der Waals surface area (Å²) in [5.74, 6) is -5.27. The van der Waals surface area contributed by atoms with E-state index in [1.165, 1.54) is 71.8 Å². The van der Waals surface area contributed by atoms with Gasteiger partial charge in [-0.25, -0.2) is 9.59 Å². The SMILES string of the molecule is COc1ccc(CC[C@H]2OC(=O)C3CCCCN3C(=O)C(=O)C(C)(C)COC(=O)C=CCCN(C)C(=O)[C@H](CC(C)C)N(C)C(=O)[C@H]3CCCN3C(=O)[C@H](Cc3ccccc3)N(C)C(=O)[C@H](C3(C)C=CC=CC3)NC(=O)CCC(=O)Nc3cccc2c3)cc1OC. The van der Waals surface area contributed by atoms with Crippen molar-refractivity contribution in [3.63, 3.8) is 0 Å². The molecule has 7 rings (SSSR count). The minimum absolute atomic E-state index is 0.0249. The third-order valence-corrected chi connectivity index (χ3v) is 17.7. The summed E-state index contributed by atoms with van der Waals surface area (Å²) in [6.45, 7) is 8.69. The number of piperidine rings is 1. The minimum Gasteiger partial charge on any atom is -0.493 e. The molecule has 3 aromatic carbocycles. The van der Waals surface area contributed by atoms with Crippen molar-refractivity contribution in [3.05, 3.63) is 126 Å². The minimum atomic E-state index is -1.51. The number of aryl methyl sites for hydroxylation is 1. The first-order valence-corrected chi connectivity index (χ1v) is 31.6. The second-order valence-corrected chi connectivity index (χ2v) is 25.5. The Morgan fingerprint density at radius 3 is 2.08 bits per heavy atom. The largest absolute Gasteiger partial charge is 0.493 e. The fourth-order valence-electron chi connectivity index (χ4n) is 12.2. The number of carbonyl (C=O) groups is 10. The molecule has 4 aliphatic rings. The van der Waals surface area contributed by atoms with Crippen LogP contribution >= 0.6 is 0 Å². The molecule has 0 spiro atoms. The van der Waals surface area contributed by atoms with Crippen LogP contribution in [0.25, 0.3) is 0 Å². The number of amides is 7. The van der Waals surface area contributed by atoms with Crippen molar-refractivity contribution in [2.75, 3.05) is 66.9 Å². The van der Waals surface area contributed by atoms with E-state index in [-0.39, 0.29) is 70.0 Å². The summed E-state index contributed by atoms with van der Waals surface area (Å²) in [5.41, 5.74) is -0.0711. The summed E-state index contributed by atoms with van der Waals surface area (Å²) in [5, 5.41) is 5.83. The normalized spacial score (nSPS) is 25.2. The molecule has 0 aromatic heterocycles. The second-order valence-electron chi connectivity index (χ2n) is 25.5. The molecule has 2 unspecified atom stereocenters. The number of anilines is 1. The van der Waals surface area contributed by atoms with Crippen LogP contribution in [0.2, 0.25) is 0 Å². The van der Waals surface area contributed by atoms with Crippen molar-refractivity contribution in [2.45, 2.75) is 154 Å². The Hall–Kier alpha value is -8.62. The van der Waals surface area contributed by atoms with Crippen LogP contribution in [-0.2, 0) is 70.3 Å². The zero-order valence-corrected chi connectivity index (χ0v) is 54.4. The van der Waals surface area contributed by atoms with Gasteiger partial charge < -0.3 is 54.1 Å². The molecule has 3 aromatic rings. The maximum Gasteiger partial charge on any atom is 0.330 e. The van der Waals surface area contributed by atoms with Crippen LogP contribution in [0.5, 0.6) is 11.5 Å². The van der Waals surface area contributed by atoms with Crippen LogP contribution in [0.15, 0.2) is 109 Å². The van der Waals surface area contributed by atoms with Crippen LogP contribution in [0.3, 0.4) is 0 Å². The number of ether oxygens (including phenoxy) is 4. The number of fused-ring (bicyclic) bond motifs is 4. The highest BCUT2D eigenvalue weighted by Gasteiger charge is 2.47. The van der Waals surface area contributed by atoms with Gasteiger partial charge in [-0.05, 0) is 125 Å². The number of esters is 2. The first-order valence-electron chi connectivity index (χ1n) is 31.6. The Labute approximate surface area is 534 Å². The molecule has 0 radical (unpaired) electrons. The Bertz CT molecular complexity index is 3230. The molecule has 490 valence electrons.